The lowest BCUT2D eigenvalue weighted by Gasteiger charge is -2.11. The Morgan fingerprint density at radius 1 is 1.29 bits per heavy atom. The zero-order valence-electron chi connectivity index (χ0n) is 10.4. The molecule has 0 amide bonds. The molecule has 0 saturated carbocycles. The van der Waals surface area contributed by atoms with E-state index >= 15 is 0 Å². The van der Waals surface area contributed by atoms with Gasteiger partial charge in [-0.15, -0.1) is 0 Å². The topological polar surface area (TPSA) is 44.5 Å². The second-order valence-electron chi connectivity index (χ2n) is 4.03. The lowest BCUT2D eigenvalue weighted by molar-refractivity contribution is 0.184. The number of halogens is 1. The molecule has 2 N–H and O–H groups in total. The third-order valence-corrected chi connectivity index (χ3v) is 2.78. The van der Waals surface area contributed by atoms with Crippen molar-refractivity contribution >= 4 is 11.6 Å². The van der Waals surface area contributed by atoms with Crippen LogP contribution >= 0.6 is 11.6 Å². The monoisotopic (exact) mass is 257 g/mol. The van der Waals surface area contributed by atoms with Crippen molar-refractivity contribution in [1.82, 2.24) is 0 Å². The third kappa shape index (κ3) is 4.94. The molecular formula is C13H20ClNO2. The summed E-state index contributed by atoms with van der Waals surface area (Å²) in [7, 11) is 1.70. The quantitative estimate of drug-likeness (QED) is 0.763. The zero-order valence-corrected chi connectivity index (χ0v) is 11.2. The normalized spacial score (nSPS) is 12.5. The van der Waals surface area contributed by atoms with Gasteiger partial charge in [0, 0.05) is 19.8 Å². The van der Waals surface area contributed by atoms with Crippen molar-refractivity contribution in [2.24, 2.45) is 5.73 Å². The highest BCUT2D eigenvalue weighted by Gasteiger charge is 2.05. The van der Waals surface area contributed by atoms with E-state index in [1.807, 2.05) is 25.1 Å². The van der Waals surface area contributed by atoms with E-state index < -0.39 is 0 Å². The van der Waals surface area contributed by atoms with E-state index in [0.29, 0.717) is 17.4 Å². The molecule has 0 radical (unpaired) electrons. The second-order valence-corrected chi connectivity index (χ2v) is 4.43. The van der Waals surface area contributed by atoms with Crippen LogP contribution in [0.25, 0.3) is 0 Å². The summed E-state index contributed by atoms with van der Waals surface area (Å²) >= 11 is 6.11. The molecule has 0 aliphatic heterocycles. The third-order valence-electron chi connectivity index (χ3n) is 2.48. The predicted octanol–water partition coefficient (Wildman–Crippen LogP) is 3.17. The fraction of sp³-hybridized carbons (Fsp3) is 0.538. The van der Waals surface area contributed by atoms with Crippen LogP contribution in [0, 0.1) is 0 Å². The van der Waals surface area contributed by atoms with Crippen molar-refractivity contribution in [1.29, 1.82) is 0 Å². The lowest BCUT2D eigenvalue weighted by atomic mass is 10.1. The van der Waals surface area contributed by atoms with Gasteiger partial charge >= 0.3 is 0 Å². The molecule has 0 saturated heterocycles. The maximum absolute atomic E-state index is 6.11. The summed E-state index contributed by atoms with van der Waals surface area (Å²) < 4.78 is 10.6. The van der Waals surface area contributed by atoms with E-state index in [-0.39, 0.29) is 6.04 Å². The molecule has 0 fully saturated rings. The van der Waals surface area contributed by atoms with Gasteiger partial charge in [0.2, 0.25) is 0 Å². The molecule has 0 heterocycles. The molecule has 1 atom stereocenters. The molecular weight excluding hydrogens is 238 g/mol. The minimum absolute atomic E-state index is 0.0109. The van der Waals surface area contributed by atoms with E-state index in [4.69, 9.17) is 26.8 Å². The van der Waals surface area contributed by atoms with Gasteiger partial charge in [0.25, 0.3) is 0 Å². The minimum Gasteiger partial charge on any atom is -0.492 e. The summed E-state index contributed by atoms with van der Waals surface area (Å²) in [5.41, 5.74) is 6.79. The number of hydrogen-bond donors (Lipinski definition) is 1. The summed E-state index contributed by atoms with van der Waals surface area (Å²) in [4.78, 5) is 0. The lowest BCUT2D eigenvalue weighted by Crippen LogP contribution is -2.05. The van der Waals surface area contributed by atoms with Crippen molar-refractivity contribution in [3.05, 3.63) is 28.8 Å². The molecule has 0 unspecified atom stereocenters. The van der Waals surface area contributed by atoms with Crippen LogP contribution in [0.15, 0.2) is 18.2 Å². The average Bonchev–Trinajstić information content (AvgIpc) is 2.30. The fourth-order valence-corrected chi connectivity index (χ4v) is 1.69. The molecule has 0 aliphatic rings. The molecule has 1 rings (SSSR count). The van der Waals surface area contributed by atoms with Crippen LogP contribution in [-0.4, -0.2) is 20.3 Å². The molecule has 4 heteroatoms. The minimum atomic E-state index is -0.0109. The molecule has 0 bridgehead atoms. The molecule has 1 aromatic rings. The van der Waals surface area contributed by atoms with Crippen molar-refractivity contribution in [3.63, 3.8) is 0 Å². The van der Waals surface area contributed by atoms with Crippen LogP contribution in [0.4, 0.5) is 0 Å². The predicted molar refractivity (Wildman–Crippen MR) is 70.7 cm³/mol. The van der Waals surface area contributed by atoms with Gasteiger partial charge in [-0.3, -0.25) is 0 Å². The summed E-state index contributed by atoms with van der Waals surface area (Å²) in [6.45, 7) is 3.35. The summed E-state index contributed by atoms with van der Waals surface area (Å²) in [5, 5.41) is 0.617. The zero-order chi connectivity index (χ0) is 12.7. The Labute approximate surface area is 108 Å². The smallest absolute Gasteiger partial charge is 0.137 e. The Hall–Kier alpha value is -0.770. The van der Waals surface area contributed by atoms with Gasteiger partial charge in [-0.1, -0.05) is 17.7 Å². The van der Waals surface area contributed by atoms with Gasteiger partial charge in [0.05, 0.1) is 11.6 Å². The molecule has 0 aliphatic carbocycles. The highest BCUT2D eigenvalue weighted by Crippen LogP contribution is 2.27. The summed E-state index contributed by atoms with van der Waals surface area (Å²) in [6.07, 6.45) is 1.95. The van der Waals surface area contributed by atoms with Crippen molar-refractivity contribution in [3.8, 4) is 5.75 Å². The second kappa shape index (κ2) is 7.54. The van der Waals surface area contributed by atoms with Crippen molar-refractivity contribution in [2.75, 3.05) is 20.3 Å². The fourth-order valence-electron chi connectivity index (χ4n) is 1.45. The summed E-state index contributed by atoms with van der Waals surface area (Å²) in [5.74, 6) is 0.716. The summed E-state index contributed by atoms with van der Waals surface area (Å²) in [6, 6.07) is 5.66. The van der Waals surface area contributed by atoms with Crippen molar-refractivity contribution < 1.29 is 9.47 Å². The first-order chi connectivity index (χ1) is 8.15. The van der Waals surface area contributed by atoms with Gasteiger partial charge in [-0.05, 0) is 37.5 Å². The largest absolute Gasteiger partial charge is 0.492 e. The number of unbranched alkanes of at least 4 members (excludes halogenated alkanes) is 1. The maximum Gasteiger partial charge on any atom is 0.137 e. The van der Waals surface area contributed by atoms with Crippen LogP contribution in [0.1, 0.15) is 31.4 Å². The van der Waals surface area contributed by atoms with Crippen LogP contribution in [0.3, 0.4) is 0 Å². The van der Waals surface area contributed by atoms with E-state index in [1.54, 1.807) is 7.11 Å². The first-order valence-corrected chi connectivity index (χ1v) is 6.19. The van der Waals surface area contributed by atoms with Gasteiger partial charge in [0.1, 0.15) is 5.75 Å². The number of ether oxygens (including phenoxy) is 2. The van der Waals surface area contributed by atoms with Crippen molar-refractivity contribution in [2.45, 2.75) is 25.8 Å². The highest BCUT2D eigenvalue weighted by molar-refractivity contribution is 6.32. The van der Waals surface area contributed by atoms with E-state index in [0.717, 1.165) is 25.0 Å². The SMILES string of the molecule is COCCCCOc1ccc([C@@H](C)N)cc1Cl. The molecule has 17 heavy (non-hydrogen) atoms. The standard InChI is InChI=1S/C13H20ClNO2/c1-10(15)11-5-6-13(12(14)9-11)17-8-4-3-7-16-2/h5-6,9-10H,3-4,7-8,15H2,1-2H3/t10-/m1/s1. The van der Waals surface area contributed by atoms with Crippen LogP contribution < -0.4 is 10.5 Å². The van der Waals surface area contributed by atoms with E-state index in [9.17, 15) is 0 Å². The Kier molecular flexibility index (Phi) is 6.34. The number of methoxy groups -OCH3 is 1. The van der Waals surface area contributed by atoms with Gasteiger partial charge < -0.3 is 15.2 Å². The Bertz CT molecular complexity index is 342. The van der Waals surface area contributed by atoms with Crippen LogP contribution in [0.5, 0.6) is 5.75 Å². The first-order valence-electron chi connectivity index (χ1n) is 5.82. The van der Waals surface area contributed by atoms with E-state index in [2.05, 4.69) is 0 Å². The number of nitrogens with two attached hydrogens (primary N) is 1. The Morgan fingerprint density at radius 3 is 2.59 bits per heavy atom. The molecule has 0 aromatic heterocycles. The van der Waals surface area contributed by atoms with Crippen LogP contribution in [0.2, 0.25) is 5.02 Å². The number of rotatable bonds is 7. The van der Waals surface area contributed by atoms with Crippen LogP contribution in [-0.2, 0) is 4.74 Å². The van der Waals surface area contributed by atoms with Gasteiger partial charge in [-0.25, -0.2) is 0 Å². The number of hydrogen-bond acceptors (Lipinski definition) is 3. The molecule has 1 aromatic carbocycles. The van der Waals surface area contributed by atoms with E-state index in [1.165, 1.54) is 0 Å². The van der Waals surface area contributed by atoms with Gasteiger partial charge in [0.15, 0.2) is 0 Å². The molecule has 0 spiro atoms. The maximum atomic E-state index is 6.11. The first kappa shape index (κ1) is 14.3. The average molecular weight is 258 g/mol. The number of benzene rings is 1. The van der Waals surface area contributed by atoms with Gasteiger partial charge in [-0.2, -0.15) is 0 Å². The molecule has 3 nitrogen and oxygen atoms in total. The Morgan fingerprint density at radius 2 is 2.00 bits per heavy atom. The highest BCUT2D eigenvalue weighted by atomic mass is 35.5. The Balaban J connectivity index is 2.43. The molecule has 96 valence electrons.